The molecule has 0 aliphatic heterocycles. The van der Waals surface area contributed by atoms with Crippen molar-refractivity contribution in [1.82, 2.24) is 0 Å². The molecular formula is C12H9BrFNOS. The third-order valence-electron chi connectivity index (χ3n) is 2.15. The van der Waals surface area contributed by atoms with Crippen LogP contribution in [0.4, 0.5) is 10.1 Å². The number of benzene rings is 1. The first-order chi connectivity index (χ1) is 8.15. The Hall–Kier alpha value is -1.20. The second kappa shape index (κ2) is 5.42. The van der Waals surface area contributed by atoms with E-state index in [1.165, 1.54) is 23.5 Å². The zero-order chi connectivity index (χ0) is 12.3. The average Bonchev–Trinajstić information content (AvgIpc) is 2.75. The lowest BCUT2D eigenvalue weighted by atomic mass is 10.2. The van der Waals surface area contributed by atoms with Crippen molar-refractivity contribution in [3.63, 3.8) is 0 Å². The predicted molar refractivity (Wildman–Crippen MR) is 70.8 cm³/mol. The number of hydrogen-bond acceptors (Lipinski definition) is 2. The van der Waals surface area contributed by atoms with Crippen molar-refractivity contribution in [2.45, 2.75) is 6.42 Å². The van der Waals surface area contributed by atoms with Gasteiger partial charge in [-0.05, 0) is 40.6 Å². The molecular weight excluding hydrogens is 305 g/mol. The number of anilines is 1. The van der Waals surface area contributed by atoms with Crippen molar-refractivity contribution in [2.24, 2.45) is 0 Å². The molecule has 1 N–H and O–H groups in total. The van der Waals surface area contributed by atoms with Crippen LogP contribution in [-0.2, 0) is 11.2 Å². The molecule has 1 aromatic heterocycles. The maximum Gasteiger partial charge on any atom is 0.228 e. The van der Waals surface area contributed by atoms with Gasteiger partial charge in [-0.3, -0.25) is 4.79 Å². The van der Waals surface area contributed by atoms with Crippen LogP contribution in [0.5, 0.6) is 0 Å². The van der Waals surface area contributed by atoms with Gasteiger partial charge in [0.05, 0.1) is 12.1 Å². The van der Waals surface area contributed by atoms with Gasteiger partial charge in [0, 0.05) is 4.47 Å². The molecule has 2 rings (SSSR count). The van der Waals surface area contributed by atoms with Gasteiger partial charge in [-0.15, -0.1) is 0 Å². The van der Waals surface area contributed by atoms with Gasteiger partial charge in [0.2, 0.25) is 5.91 Å². The number of thiophene rings is 1. The van der Waals surface area contributed by atoms with Gasteiger partial charge in [-0.25, -0.2) is 4.39 Å². The molecule has 0 bridgehead atoms. The fourth-order valence-electron chi connectivity index (χ4n) is 1.36. The molecule has 17 heavy (non-hydrogen) atoms. The molecule has 0 saturated carbocycles. The van der Waals surface area contributed by atoms with Crippen LogP contribution in [0.15, 0.2) is 39.5 Å². The van der Waals surface area contributed by atoms with E-state index < -0.39 is 5.82 Å². The molecule has 1 heterocycles. The molecule has 5 heteroatoms. The fraction of sp³-hybridized carbons (Fsp3) is 0.0833. The summed E-state index contributed by atoms with van der Waals surface area (Å²) in [5.74, 6) is -0.664. The van der Waals surface area contributed by atoms with Crippen LogP contribution in [0.3, 0.4) is 0 Å². The van der Waals surface area contributed by atoms with Crippen molar-refractivity contribution >= 4 is 38.9 Å². The van der Waals surface area contributed by atoms with Gasteiger partial charge in [0.1, 0.15) is 5.82 Å². The summed E-state index contributed by atoms with van der Waals surface area (Å²) in [6.07, 6.45) is 0.263. The van der Waals surface area contributed by atoms with Crippen LogP contribution in [0.2, 0.25) is 0 Å². The summed E-state index contributed by atoms with van der Waals surface area (Å²) >= 11 is 4.69. The molecule has 0 aliphatic rings. The normalized spacial score (nSPS) is 10.2. The van der Waals surface area contributed by atoms with Crippen molar-refractivity contribution in [3.8, 4) is 0 Å². The van der Waals surface area contributed by atoms with Crippen molar-refractivity contribution < 1.29 is 9.18 Å². The van der Waals surface area contributed by atoms with Crippen molar-refractivity contribution in [2.75, 3.05) is 5.32 Å². The maximum absolute atomic E-state index is 13.4. The summed E-state index contributed by atoms with van der Waals surface area (Å²) in [5, 5.41) is 6.35. The molecule has 0 spiro atoms. The van der Waals surface area contributed by atoms with Gasteiger partial charge in [-0.2, -0.15) is 11.3 Å². The van der Waals surface area contributed by atoms with E-state index >= 15 is 0 Å². The second-order valence-corrected chi connectivity index (χ2v) is 5.18. The lowest BCUT2D eigenvalue weighted by molar-refractivity contribution is -0.115. The third-order valence-corrected chi connectivity index (χ3v) is 3.38. The highest BCUT2D eigenvalue weighted by molar-refractivity contribution is 9.10. The molecule has 0 aliphatic carbocycles. The van der Waals surface area contributed by atoms with Gasteiger partial charge in [-0.1, -0.05) is 15.9 Å². The van der Waals surface area contributed by atoms with E-state index in [0.717, 1.165) is 5.56 Å². The van der Waals surface area contributed by atoms with Crippen LogP contribution < -0.4 is 5.32 Å². The Morgan fingerprint density at radius 3 is 2.88 bits per heavy atom. The highest BCUT2D eigenvalue weighted by atomic mass is 79.9. The lowest BCUT2D eigenvalue weighted by Gasteiger charge is -2.05. The number of carbonyl (C=O) groups excluding carboxylic acids is 1. The summed E-state index contributed by atoms with van der Waals surface area (Å²) in [4.78, 5) is 11.6. The van der Waals surface area contributed by atoms with Crippen LogP contribution in [0.1, 0.15) is 5.56 Å². The molecule has 0 fully saturated rings. The molecule has 0 unspecified atom stereocenters. The van der Waals surface area contributed by atoms with Gasteiger partial charge < -0.3 is 5.32 Å². The van der Waals surface area contributed by atoms with E-state index in [2.05, 4.69) is 21.2 Å². The highest BCUT2D eigenvalue weighted by Crippen LogP contribution is 2.19. The van der Waals surface area contributed by atoms with E-state index in [9.17, 15) is 9.18 Å². The summed E-state index contributed by atoms with van der Waals surface area (Å²) in [5.41, 5.74) is 1.14. The number of nitrogens with one attached hydrogen (secondary N) is 1. The first-order valence-corrected chi connectivity index (χ1v) is 6.65. The minimum atomic E-state index is -0.446. The highest BCUT2D eigenvalue weighted by Gasteiger charge is 2.08. The third kappa shape index (κ3) is 3.38. The summed E-state index contributed by atoms with van der Waals surface area (Å²) in [7, 11) is 0. The summed E-state index contributed by atoms with van der Waals surface area (Å²) in [6, 6.07) is 6.41. The van der Waals surface area contributed by atoms with Crippen LogP contribution in [0, 0.1) is 5.82 Å². The average molecular weight is 314 g/mol. The first-order valence-electron chi connectivity index (χ1n) is 4.91. The van der Waals surface area contributed by atoms with Gasteiger partial charge in [0.15, 0.2) is 0 Å². The monoisotopic (exact) mass is 313 g/mol. The topological polar surface area (TPSA) is 29.1 Å². The van der Waals surface area contributed by atoms with Crippen molar-refractivity contribution in [1.29, 1.82) is 0 Å². The minimum Gasteiger partial charge on any atom is -0.323 e. The molecule has 0 saturated heterocycles. The van der Waals surface area contributed by atoms with E-state index in [4.69, 9.17) is 0 Å². The van der Waals surface area contributed by atoms with Gasteiger partial charge >= 0.3 is 0 Å². The Bertz CT molecular complexity index is 527. The summed E-state index contributed by atoms with van der Waals surface area (Å²) in [6.45, 7) is 0. The Kier molecular flexibility index (Phi) is 3.91. The van der Waals surface area contributed by atoms with E-state index in [1.54, 1.807) is 6.07 Å². The Morgan fingerprint density at radius 2 is 2.24 bits per heavy atom. The van der Waals surface area contributed by atoms with Crippen LogP contribution in [0.25, 0.3) is 0 Å². The maximum atomic E-state index is 13.4. The molecule has 0 radical (unpaired) electrons. The molecule has 1 aromatic carbocycles. The van der Waals surface area contributed by atoms with E-state index in [-0.39, 0.29) is 18.0 Å². The van der Waals surface area contributed by atoms with Gasteiger partial charge in [0.25, 0.3) is 0 Å². The number of amides is 1. The summed E-state index contributed by atoms with van der Waals surface area (Å²) < 4.78 is 14.1. The Balaban J connectivity index is 2.03. The zero-order valence-electron chi connectivity index (χ0n) is 8.74. The zero-order valence-corrected chi connectivity index (χ0v) is 11.1. The van der Waals surface area contributed by atoms with Crippen molar-refractivity contribution in [3.05, 3.63) is 50.9 Å². The number of carbonyl (C=O) groups is 1. The lowest BCUT2D eigenvalue weighted by Crippen LogP contribution is -2.14. The standard InChI is InChI=1S/C12H9BrFNOS/c13-9-1-2-11(10(14)6-9)15-12(16)5-8-3-4-17-7-8/h1-4,6-7H,5H2,(H,15,16). The molecule has 0 atom stereocenters. The number of rotatable bonds is 3. The Labute approximate surface area is 111 Å². The van der Waals surface area contributed by atoms with Crippen LogP contribution >= 0.6 is 27.3 Å². The first kappa shape index (κ1) is 12.3. The molecule has 2 aromatic rings. The quantitative estimate of drug-likeness (QED) is 0.916. The number of hydrogen-bond donors (Lipinski definition) is 1. The number of halogens is 2. The van der Waals surface area contributed by atoms with Crippen LogP contribution in [-0.4, -0.2) is 5.91 Å². The minimum absolute atomic E-state index is 0.202. The second-order valence-electron chi connectivity index (χ2n) is 3.48. The SMILES string of the molecule is O=C(Cc1ccsc1)Nc1ccc(Br)cc1F. The van der Waals surface area contributed by atoms with E-state index in [1.807, 2.05) is 16.8 Å². The predicted octanol–water partition coefficient (Wildman–Crippen LogP) is 3.83. The molecule has 1 amide bonds. The molecule has 88 valence electrons. The van der Waals surface area contributed by atoms with E-state index in [0.29, 0.717) is 4.47 Å². The fourth-order valence-corrected chi connectivity index (χ4v) is 2.37. The largest absolute Gasteiger partial charge is 0.323 e. The smallest absolute Gasteiger partial charge is 0.228 e. The molecule has 2 nitrogen and oxygen atoms in total. The Morgan fingerprint density at radius 1 is 1.41 bits per heavy atom.